The number of halogens is 1. The van der Waals surface area contributed by atoms with E-state index in [1.165, 1.54) is 19.1 Å². The highest BCUT2D eigenvalue weighted by atomic mass is 19.1. The summed E-state index contributed by atoms with van der Waals surface area (Å²) in [6.07, 6.45) is 2.44. The second-order valence-electron chi connectivity index (χ2n) is 6.05. The van der Waals surface area contributed by atoms with Crippen LogP contribution in [0.15, 0.2) is 42.6 Å². The zero-order valence-corrected chi connectivity index (χ0v) is 14.4. The highest BCUT2D eigenvalue weighted by Gasteiger charge is 2.11. The molecular weight excluding hydrogens is 331 g/mol. The summed E-state index contributed by atoms with van der Waals surface area (Å²) in [6.45, 7) is 2.38. The molecule has 5 nitrogen and oxygen atoms in total. The van der Waals surface area contributed by atoms with Crippen LogP contribution in [0.2, 0.25) is 0 Å². The third-order valence-electron chi connectivity index (χ3n) is 4.22. The van der Waals surface area contributed by atoms with Gasteiger partial charge in [-0.05, 0) is 35.7 Å². The van der Waals surface area contributed by atoms with Crippen molar-refractivity contribution >= 4 is 22.5 Å². The molecule has 1 aromatic heterocycles. The van der Waals surface area contributed by atoms with Crippen LogP contribution in [0, 0.1) is 17.1 Å². The number of benzene rings is 2. The van der Waals surface area contributed by atoms with Gasteiger partial charge in [-0.25, -0.2) is 4.39 Å². The Morgan fingerprint density at radius 3 is 2.85 bits per heavy atom. The molecule has 3 N–H and O–H groups in total. The Labute approximate surface area is 150 Å². The summed E-state index contributed by atoms with van der Waals surface area (Å²) in [6, 6.07) is 12.4. The lowest BCUT2D eigenvalue weighted by Crippen LogP contribution is -2.22. The van der Waals surface area contributed by atoms with E-state index in [1.807, 2.05) is 24.4 Å². The van der Waals surface area contributed by atoms with Crippen LogP contribution in [-0.2, 0) is 17.8 Å². The van der Waals surface area contributed by atoms with Crippen LogP contribution in [0.5, 0.6) is 0 Å². The fraction of sp³-hybridized carbons (Fsp3) is 0.200. The van der Waals surface area contributed by atoms with E-state index >= 15 is 0 Å². The first-order chi connectivity index (χ1) is 12.6. The Hall–Kier alpha value is -3.33. The van der Waals surface area contributed by atoms with Crippen molar-refractivity contribution in [3.8, 4) is 6.07 Å². The summed E-state index contributed by atoms with van der Waals surface area (Å²) < 4.78 is 14.1. The molecule has 3 rings (SSSR count). The molecule has 2 aromatic carbocycles. The fourth-order valence-electron chi connectivity index (χ4n) is 2.95. The lowest BCUT2D eigenvalue weighted by Gasteiger charge is -2.10. The minimum absolute atomic E-state index is 0.0884. The molecule has 1 heterocycles. The van der Waals surface area contributed by atoms with Crippen LogP contribution in [0.4, 0.5) is 10.1 Å². The van der Waals surface area contributed by atoms with Gasteiger partial charge in [0.25, 0.3) is 0 Å². The van der Waals surface area contributed by atoms with Crippen molar-refractivity contribution in [2.45, 2.75) is 19.9 Å². The van der Waals surface area contributed by atoms with Crippen molar-refractivity contribution in [2.75, 3.05) is 11.9 Å². The van der Waals surface area contributed by atoms with Crippen molar-refractivity contribution in [1.29, 1.82) is 5.26 Å². The van der Waals surface area contributed by atoms with Gasteiger partial charge in [0, 0.05) is 31.6 Å². The number of nitriles is 1. The minimum Gasteiger partial charge on any atom is -0.379 e. The first-order valence-corrected chi connectivity index (χ1v) is 8.34. The maximum absolute atomic E-state index is 14.1. The van der Waals surface area contributed by atoms with E-state index in [0.717, 1.165) is 22.0 Å². The molecule has 0 fully saturated rings. The number of hydrogen-bond donors (Lipinski definition) is 3. The number of amides is 1. The van der Waals surface area contributed by atoms with Crippen molar-refractivity contribution < 1.29 is 9.18 Å². The third kappa shape index (κ3) is 3.83. The molecule has 0 radical (unpaired) electrons. The van der Waals surface area contributed by atoms with Gasteiger partial charge in [0.2, 0.25) is 5.91 Å². The molecule has 0 aliphatic rings. The molecule has 1 amide bonds. The number of nitrogens with one attached hydrogen (secondary N) is 3. The van der Waals surface area contributed by atoms with Gasteiger partial charge in [0.15, 0.2) is 0 Å². The summed E-state index contributed by atoms with van der Waals surface area (Å²) in [4.78, 5) is 14.2. The van der Waals surface area contributed by atoms with E-state index in [0.29, 0.717) is 30.8 Å². The Balaban J connectivity index is 1.83. The van der Waals surface area contributed by atoms with E-state index in [4.69, 9.17) is 0 Å². The number of hydrogen-bond acceptors (Lipinski definition) is 3. The van der Waals surface area contributed by atoms with Crippen LogP contribution < -0.4 is 10.6 Å². The summed E-state index contributed by atoms with van der Waals surface area (Å²) in [5.74, 6) is -0.427. The normalized spacial score (nSPS) is 10.5. The SMILES string of the molecule is CC(=O)NCCc1c[nH]c2c(NCc3ccccc3C#N)cc(F)cc12. The molecule has 26 heavy (non-hydrogen) atoms. The Morgan fingerprint density at radius 2 is 2.08 bits per heavy atom. The fourth-order valence-corrected chi connectivity index (χ4v) is 2.95. The number of fused-ring (bicyclic) bond motifs is 1. The third-order valence-corrected chi connectivity index (χ3v) is 4.22. The number of carbonyl (C=O) groups excluding carboxylic acids is 1. The molecule has 0 spiro atoms. The van der Waals surface area contributed by atoms with Crippen molar-refractivity contribution in [3.63, 3.8) is 0 Å². The average molecular weight is 350 g/mol. The number of carbonyl (C=O) groups is 1. The topological polar surface area (TPSA) is 80.7 Å². The first-order valence-electron chi connectivity index (χ1n) is 8.34. The van der Waals surface area contributed by atoms with Crippen molar-refractivity contribution in [2.24, 2.45) is 0 Å². The molecule has 6 heteroatoms. The van der Waals surface area contributed by atoms with Gasteiger partial charge in [-0.2, -0.15) is 5.26 Å². The summed E-state index contributed by atoms with van der Waals surface area (Å²) in [7, 11) is 0. The van der Waals surface area contributed by atoms with Gasteiger partial charge >= 0.3 is 0 Å². The first kappa shape index (κ1) is 17.5. The summed E-state index contributed by atoms with van der Waals surface area (Å²) >= 11 is 0. The second kappa shape index (κ2) is 7.70. The molecule has 0 saturated carbocycles. The highest BCUT2D eigenvalue weighted by Crippen LogP contribution is 2.28. The summed E-state index contributed by atoms with van der Waals surface area (Å²) in [5.41, 5.74) is 3.82. The molecule has 0 aliphatic carbocycles. The minimum atomic E-state index is -0.339. The number of aromatic amines is 1. The standard InChI is InChI=1S/C20H19FN4O/c1-13(26)23-7-6-16-12-25-20-18(16)8-17(21)9-19(20)24-11-15-5-3-2-4-14(15)10-22/h2-5,8-9,12,24-25H,6-7,11H2,1H3,(H,23,26). The van der Waals surface area contributed by atoms with Crippen molar-refractivity contribution in [3.05, 3.63) is 65.1 Å². The van der Waals surface area contributed by atoms with E-state index in [-0.39, 0.29) is 11.7 Å². The predicted molar refractivity (Wildman–Crippen MR) is 99.1 cm³/mol. The Morgan fingerprint density at radius 1 is 1.27 bits per heavy atom. The second-order valence-corrected chi connectivity index (χ2v) is 6.05. The van der Waals surface area contributed by atoms with Crippen LogP contribution in [0.25, 0.3) is 10.9 Å². The van der Waals surface area contributed by atoms with Crippen LogP contribution in [0.3, 0.4) is 0 Å². The van der Waals surface area contributed by atoms with E-state index in [1.54, 1.807) is 6.07 Å². The largest absolute Gasteiger partial charge is 0.379 e. The predicted octanol–water partition coefficient (Wildman–Crippen LogP) is 3.47. The number of aromatic nitrogens is 1. The van der Waals surface area contributed by atoms with Crippen molar-refractivity contribution in [1.82, 2.24) is 10.3 Å². The number of rotatable bonds is 6. The smallest absolute Gasteiger partial charge is 0.216 e. The number of anilines is 1. The molecule has 3 aromatic rings. The summed E-state index contributed by atoms with van der Waals surface area (Å²) in [5, 5.41) is 15.9. The van der Waals surface area contributed by atoms with Crippen LogP contribution in [0.1, 0.15) is 23.6 Å². The maximum atomic E-state index is 14.1. The monoisotopic (exact) mass is 350 g/mol. The number of nitrogens with zero attached hydrogens (tertiary/aromatic N) is 1. The zero-order chi connectivity index (χ0) is 18.5. The lowest BCUT2D eigenvalue weighted by molar-refractivity contribution is -0.118. The van der Waals surface area contributed by atoms with Crippen LogP contribution >= 0.6 is 0 Å². The average Bonchev–Trinajstić information content (AvgIpc) is 3.02. The van der Waals surface area contributed by atoms with E-state index in [9.17, 15) is 14.4 Å². The molecule has 0 aliphatic heterocycles. The molecule has 0 bridgehead atoms. The van der Waals surface area contributed by atoms with Gasteiger partial charge < -0.3 is 15.6 Å². The van der Waals surface area contributed by atoms with E-state index in [2.05, 4.69) is 21.7 Å². The zero-order valence-electron chi connectivity index (χ0n) is 14.4. The molecule has 0 unspecified atom stereocenters. The van der Waals surface area contributed by atoms with Gasteiger partial charge in [-0.15, -0.1) is 0 Å². The quantitative estimate of drug-likeness (QED) is 0.637. The molecular formula is C20H19FN4O. The van der Waals surface area contributed by atoms with Gasteiger partial charge in [0.05, 0.1) is 22.8 Å². The van der Waals surface area contributed by atoms with Gasteiger partial charge in [0.1, 0.15) is 5.82 Å². The maximum Gasteiger partial charge on any atom is 0.216 e. The van der Waals surface area contributed by atoms with Gasteiger partial charge in [-0.3, -0.25) is 4.79 Å². The molecule has 0 saturated heterocycles. The Bertz CT molecular complexity index is 987. The highest BCUT2D eigenvalue weighted by molar-refractivity contribution is 5.93. The lowest BCUT2D eigenvalue weighted by atomic mass is 10.1. The van der Waals surface area contributed by atoms with E-state index < -0.39 is 0 Å². The molecule has 0 atom stereocenters. The molecule has 132 valence electrons. The van der Waals surface area contributed by atoms with Gasteiger partial charge in [-0.1, -0.05) is 18.2 Å². The number of H-pyrrole nitrogens is 1. The van der Waals surface area contributed by atoms with Crippen LogP contribution in [-0.4, -0.2) is 17.4 Å². The Kier molecular flexibility index (Phi) is 5.18.